The van der Waals surface area contributed by atoms with Crippen molar-refractivity contribution in [2.75, 3.05) is 6.61 Å². The maximum atomic E-state index is 12.1. The van der Waals surface area contributed by atoms with E-state index in [9.17, 15) is 4.79 Å². The molecule has 0 saturated heterocycles. The average molecular weight is 347 g/mol. The van der Waals surface area contributed by atoms with Crippen LogP contribution in [0.4, 0.5) is 5.69 Å². The number of para-hydroxylation sites is 1. The Balaban J connectivity index is 1.74. The molecule has 1 heterocycles. The lowest BCUT2D eigenvalue weighted by atomic mass is 10.1. The lowest BCUT2D eigenvalue weighted by Crippen LogP contribution is -2.10. The Morgan fingerprint density at radius 1 is 1.08 bits per heavy atom. The summed E-state index contributed by atoms with van der Waals surface area (Å²) in [5, 5.41) is 0. The number of aliphatic imine (C=N–C) groups is 1. The molecule has 0 bridgehead atoms. The molecule has 1 aromatic heterocycles. The third-order valence-electron chi connectivity index (χ3n) is 3.65. The molecule has 0 atom stereocenters. The van der Waals surface area contributed by atoms with E-state index in [4.69, 9.17) is 9.15 Å². The van der Waals surface area contributed by atoms with Crippen LogP contribution in [0.5, 0.6) is 0 Å². The molecular weight excluding hydrogens is 326 g/mol. The normalized spacial score (nSPS) is 11.2. The van der Waals surface area contributed by atoms with Gasteiger partial charge >= 0.3 is 5.97 Å². The largest absolute Gasteiger partial charge is 0.462 e. The van der Waals surface area contributed by atoms with Gasteiger partial charge < -0.3 is 9.15 Å². The Kier molecular flexibility index (Phi) is 5.64. The first-order valence-electron chi connectivity index (χ1n) is 8.58. The molecule has 2 aromatic carbocycles. The first kappa shape index (κ1) is 17.7. The number of hydrogen-bond acceptors (Lipinski definition) is 4. The molecule has 4 nitrogen and oxygen atoms in total. The van der Waals surface area contributed by atoms with Crippen molar-refractivity contribution in [2.45, 2.75) is 13.8 Å². The summed E-state index contributed by atoms with van der Waals surface area (Å²) in [6.45, 7) is 4.42. The Labute approximate surface area is 153 Å². The van der Waals surface area contributed by atoms with E-state index in [-0.39, 0.29) is 5.97 Å². The van der Waals surface area contributed by atoms with Gasteiger partial charge in [0.15, 0.2) is 0 Å². The minimum absolute atomic E-state index is 0.304. The molecule has 0 fully saturated rings. The highest BCUT2D eigenvalue weighted by Crippen LogP contribution is 2.23. The first-order valence-corrected chi connectivity index (χ1v) is 8.58. The van der Waals surface area contributed by atoms with Gasteiger partial charge in [0, 0.05) is 5.56 Å². The Bertz CT molecular complexity index is 895. The zero-order valence-corrected chi connectivity index (χ0v) is 14.9. The van der Waals surface area contributed by atoms with E-state index in [0.29, 0.717) is 29.6 Å². The van der Waals surface area contributed by atoms with Gasteiger partial charge in [-0.2, -0.15) is 0 Å². The second-order valence-electron chi connectivity index (χ2n) is 6.37. The zero-order valence-electron chi connectivity index (χ0n) is 14.9. The number of carbonyl (C=O) groups excluding carboxylic acids is 1. The molecule has 0 unspecified atom stereocenters. The number of rotatable bonds is 6. The summed E-state index contributed by atoms with van der Waals surface area (Å²) in [6.07, 6.45) is 1.68. The lowest BCUT2D eigenvalue weighted by molar-refractivity contribution is 0.0459. The number of hydrogen-bond donors (Lipinski definition) is 0. The smallest absolute Gasteiger partial charge is 0.338 e. The van der Waals surface area contributed by atoms with Crippen LogP contribution in [-0.4, -0.2) is 18.8 Å². The van der Waals surface area contributed by atoms with Crippen LogP contribution in [0.25, 0.3) is 11.3 Å². The van der Waals surface area contributed by atoms with E-state index in [1.807, 2.05) is 68.4 Å². The Hall–Kier alpha value is -3.14. The highest BCUT2D eigenvalue weighted by Gasteiger charge is 2.11. The molecule has 3 rings (SSSR count). The van der Waals surface area contributed by atoms with E-state index in [2.05, 4.69) is 4.99 Å². The number of ether oxygens (including phenoxy) is 1. The van der Waals surface area contributed by atoms with E-state index in [1.54, 1.807) is 18.3 Å². The molecule has 0 N–H and O–H groups in total. The van der Waals surface area contributed by atoms with Crippen molar-refractivity contribution in [1.29, 1.82) is 0 Å². The topological polar surface area (TPSA) is 51.8 Å². The van der Waals surface area contributed by atoms with Crippen LogP contribution in [0.2, 0.25) is 0 Å². The minimum Gasteiger partial charge on any atom is -0.462 e. The lowest BCUT2D eigenvalue weighted by Gasteiger charge is -2.07. The van der Waals surface area contributed by atoms with Crippen LogP contribution >= 0.6 is 0 Å². The number of furan rings is 1. The van der Waals surface area contributed by atoms with Crippen LogP contribution < -0.4 is 0 Å². The molecule has 4 heteroatoms. The van der Waals surface area contributed by atoms with Gasteiger partial charge in [-0.3, -0.25) is 4.99 Å². The zero-order chi connectivity index (χ0) is 18.4. The van der Waals surface area contributed by atoms with Gasteiger partial charge in [0.1, 0.15) is 11.5 Å². The molecule has 0 aliphatic carbocycles. The fourth-order valence-electron chi connectivity index (χ4n) is 2.35. The molecule has 0 saturated carbocycles. The van der Waals surface area contributed by atoms with Crippen molar-refractivity contribution in [1.82, 2.24) is 0 Å². The third-order valence-corrected chi connectivity index (χ3v) is 3.65. The third kappa shape index (κ3) is 4.70. The Morgan fingerprint density at radius 3 is 2.65 bits per heavy atom. The van der Waals surface area contributed by atoms with Crippen molar-refractivity contribution in [3.05, 3.63) is 78.1 Å². The average Bonchev–Trinajstić information content (AvgIpc) is 3.14. The summed E-state index contributed by atoms with van der Waals surface area (Å²) in [6, 6.07) is 20.6. The molecule has 0 radical (unpaired) electrons. The molecule has 0 spiro atoms. The maximum Gasteiger partial charge on any atom is 0.338 e. The SMILES string of the molecule is CC(C)COC(=O)c1cccc(-c2ccc(C=Nc3ccccc3)o2)c1. The summed E-state index contributed by atoms with van der Waals surface area (Å²) in [5.74, 6) is 1.31. The summed E-state index contributed by atoms with van der Waals surface area (Å²) in [7, 11) is 0. The van der Waals surface area contributed by atoms with Crippen LogP contribution in [0.15, 0.2) is 76.1 Å². The molecule has 0 aliphatic rings. The van der Waals surface area contributed by atoms with Crippen molar-refractivity contribution < 1.29 is 13.9 Å². The molecule has 132 valence electrons. The van der Waals surface area contributed by atoms with Crippen LogP contribution in [0.1, 0.15) is 30.0 Å². The first-order chi connectivity index (χ1) is 12.6. The molecule has 3 aromatic rings. The number of carbonyl (C=O) groups is 1. The Morgan fingerprint density at radius 2 is 1.88 bits per heavy atom. The summed E-state index contributed by atoms with van der Waals surface area (Å²) in [5.41, 5.74) is 2.20. The van der Waals surface area contributed by atoms with Crippen LogP contribution in [-0.2, 0) is 4.74 Å². The van der Waals surface area contributed by atoms with Gasteiger partial charge in [-0.15, -0.1) is 0 Å². The fourth-order valence-corrected chi connectivity index (χ4v) is 2.35. The van der Waals surface area contributed by atoms with Crippen molar-refractivity contribution in [3.8, 4) is 11.3 Å². The highest BCUT2D eigenvalue weighted by molar-refractivity contribution is 5.91. The number of benzene rings is 2. The standard InChI is InChI=1S/C22H21NO3/c1-16(2)15-25-22(24)18-8-6-7-17(13-18)21-12-11-20(26-21)14-23-19-9-4-3-5-10-19/h3-14,16H,15H2,1-2H3. The van der Waals surface area contributed by atoms with Gasteiger partial charge in [-0.25, -0.2) is 4.79 Å². The summed E-state index contributed by atoms with van der Waals surface area (Å²) >= 11 is 0. The molecular formula is C22H21NO3. The maximum absolute atomic E-state index is 12.1. The van der Waals surface area contributed by atoms with Gasteiger partial charge in [0.05, 0.1) is 24.1 Å². The summed E-state index contributed by atoms with van der Waals surface area (Å²) < 4.78 is 11.1. The quantitative estimate of drug-likeness (QED) is 0.436. The van der Waals surface area contributed by atoms with E-state index < -0.39 is 0 Å². The second-order valence-corrected chi connectivity index (χ2v) is 6.37. The van der Waals surface area contributed by atoms with E-state index in [0.717, 1.165) is 11.3 Å². The number of esters is 1. The fraction of sp³-hybridized carbons (Fsp3) is 0.182. The van der Waals surface area contributed by atoms with Crippen molar-refractivity contribution in [2.24, 2.45) is 10.9 Å². The monoisotopic (exact) mass is 347 g/mol. The van der Waals surface area contributed by atoms with Gasteiger partial charge in [0.25, 0.3) is 0 Å². The van der Waals surface area contributed by atoms with Crippen LogP contribution in [0.3, 0.4) is 0 Å². The predicted octanol–water partition coefficient (Wildman–Crippen LogP) is 5.51. The van der Waals surface area contributed by atoms with E-state index in [1.165, 1.54) is 0 Å². The number of nitrogens with zero attached hydrogens (tertiary/aromatic N) is 1. The van der Waals surface area contributed by atoms with E-state index >= 15 is 0 Å². The molecule has 0 aliphatic heterocycles. The van der Waals surface area contributed by atoms with Gasteiger partial charge in [-0.1, -0.05) is 44.2 Å². The second kappa shape index (κ2) is 8.30. The molecule has 26 heavy (non-hydrogen) atoms. The minimum atomic E-state index is -0.321. The van der Waals surface area contributed by atoms with Crippen LogP contribution in [0, 0.1) is 5.92 Å². The van der Waals surface area contributed by atoms with Gasteiger partial charge in [-0.05, 0) is 42.3 Å². The summed E-state index contributed by atoms with van der Waals surface area (Å²) in [4.78, 5) is 16.5. The predicted molar refractivity (Wildman–Crippen MR) is 103 cm³/mol. The van der Waals surface area contributed by atoms with Gasteiger partial charge in [0.2, 0.25) is 0 Å². The van der Waals surface area contributed by atoms with Crippen molar-refractivity contribution in [3.63, 3.8) is 0 Å². The van der Waals surface area contributed by atoms with Crippen molar-refractivity contribution >= 4 is 17.9 Å². The highest BCUT2D eigenvalue weighted by atomic mass is 16.5. The molecule has 0 amide bonds.